The summed E-state index contributed by atoms with van der Waals surface area (Å²) in [5.41, 5.74) is 0. The van der Waals surface area contributed by atoms with E-state index in [1.807, 2.05) is 0 Å². The second kappa shape index (κ2) is 75.2. The fraction of sp³-hybridized carbons (Fsp3) is 0.759. The monoisotopic (exact) mass is 1480 g/mol. The Balaban J connectivity index is 5.32. The highest BCUT2D eigenvalue weighted by Crippen LogP contribution is 2.45. The summed E-state index contributed by atoms with van der Waals surface area (Å²) in [6.07, 6.45) is 79.5. The van der Waals surface area contributed by atoms with Crippen molar-refractivity contribution in [1.29, 1.82) is 0 Å². The maximum atomic E-state index is 13.1. The van der Waals surface area contributed by atoms with E-state index in [2.05, 4.69) is 125 Å². The molecule has 0 saturated heterocycles. The van der Waals surface area contributed by atoms with Crippen molar-refractivity contribution in [3.05, 3.63) is 97.2 Å². The van der Waals surface area contributed by atoms with Crippen LogP contribution in [0.3, 0.4) is 0 Å². The molecule has 0 radical (unpaired) electrons. The average Bonchev–Trinajstić information content (AvgIpc) is 0.939. The van der Waals surface area contributed by atoms with Gasteiger partial charge in [0.05, 0.1) is 26.4 Å². The summed E-state index contributed by atoms with van der Waals surface area (Å²) in [6, 6.07) is 0. The minimum absolute atomic E-state index is 0.0828. The molecule has 0 aromatic heterocycles. The summed E-state index contributed by atoms with van der Waals surface area (Å²) in [7, 11) is -9.95. The minimum Gasteiger partial charge on any atom is -0.462 e. The molecule has 102 heavy (non-hydrogen) atoms. The normalized spacial score (nSPS) is 14.4. The van der Waals surface area contributed by atoms with Crippen molar-refractivity contribution >= 4 is 39.5 Å². The lowest BCUT2D eigenvalue weighted by Gasteiger charge is -2.21. The molecule has 5 atom stereocenters. The lowest BCUT2D eigenvalue weighted by Crippen LogP contribution is -2.30. The Bertz CT molecular complexity index is 2310. The van der Waals surface area contributed by atoms with Gasteiger partial charge in [-0.1, -0.05) is 298 Å². The molecule has 0 rings (SSSR count). The number of carbonyl (C=O) groups excluding carboxylic acids is 4. The fourth-order valence-electron chi connectivity index (χ4n) is 10.9. The minimum atomic E-state index is -4.98. The number of carbonyl (C=O) groups is 4. The van der Waals surface area contributed by atoms with Crippen LogP contribution in [0, 0.1) is 0 Å². The number of phosphoric ester groups is 2. The number of unbranched alkanes of at least 4 members (excludes halogenated alkanes) is 34. The molecule has 17 nitrogen and oxygen atoms in total. The third kappa shape index (κ3) is 74.3. The Morgan fingerprint density at radius 2 is 0.510 bits per heavy atom. The van der Waals surface area contributed by atoms with Gasteiger partial charge in [0.1, 0.15) is 19.3 Å². The van der Waals surface area contributed by atoms with Gasteiger partial charge in [-0.2, -0.15) is 0 Å². The van der Waals surface area contributed by atoms with E-state index in [0.29, 0.717) is 25.7 Å². The van der Waals surface area contributed by atoms with E-state index in [-0.39, 0.29) is 25.7 Å². The van der Waals surface area contributed by atoms with E-state index in [1.165, 1.54) is 77.0 Å². The highest BCUT2D eigenvalue weighted by molar-refractivity contribution is 7.47. The number of aliphatic hydroxyl groups is 1. The Morgan fingerprint density at radius 3 is 0.794 bits per heavy atom. The number of ether oxygens (including phenoxy) is 4. The summed E-state index contributed by atoms with van der Waals surface area (Å²) in [5.74, 6) is -2.19. The van der Waals surface area contributed by atoms with E-state index in [0.717, 1.165) is 193 Å². The average molecular weight is 1480 g/mol. The number of aliphatic hydroxyl groups excluding tert-OH is 1. The van der Waals surface area contributed by atoms with Gasteiger partial charge < -0.3 is 33.8 Å². The van der Waals surface area contributed by atoms with Crippen LogP contribution in [0.5, 0.6) is 0 Å². The second-order valence-corrected chi connectivity index (χ2v) is 29.9. The SMILES string of the molecule is CC/C=C\C/C=C\C/C=C\C/C=C\CCCCCCCCC(=O)OCC(COP(=O)(O)OCC(O)COP(=O)(O)OCC(COC(=O)CCCCCCCCC/C=C\C/C=C\C/C=C\CC)OC(=O)CCCCCCCCCCCCC)OC(=O)CCCCCCC/C=C\CCCCCCCC. The van der Waals surface area contributed by atoms with Gasteiger partial charge in [0.25, 0.3) is 0 Å². The third-order valence-corrected chi connectivity index (χ3v) is 18.9. The van der Waals surface area contributed by atoms with E-state index in [4.69, 9.17) is 37.0 Å². The van der Waals surface area contributed by atoms with Crippen molar-refractivity contribution < 1.29 is 80.2 Å². The summed E-state index contributed by atoms with van der Waals surface area (Å²) in [4.78, 5) is 73.0. The molecule has 0 amide bonds. The smallest absolute Gasteiger partial charge is 0.462 e. The highest BCUT2D eigenvalue weighted by atomic mass is 31.2. The number of hydrogen-bond acceptors (Lipinski definition) is 15. The van der Waals surface area contributed by atoms with Crippen molar-refractivity contribution in [1.82, 2.24) is 0 Å². The van der Waals surface area contributed by atoms with Crippen molar-refractivity contribution in [2.75, 3.05) is 39.6 Å². The number of phosphoric acid groups is 2. The highest BCUT2D eigenvalue weighted by Gasteiger charge is 2.30. The van der Waals surface area contributed by atoms with Gasteiger partial charge in [0.2, 0.25) is 0 Å². The maximum absolute atomic E-state index is 13.1. The molecular formula is C83H146O17P2. The molecule has 0 heterocycles. The van der Waals surface area contributed by atoms with E-state index >= 15 is 0 Å². The van der Waals surface area contributed by atoms with Crippen LogP contribution in [0.1, 0.15) is 349 Å². The van der Waals surface area contributed by atoms with Crippen LogP contribution in [-0.2, 0) is 65.4 Å². The van der Waals surface area contributed by atoms with Crippen molar-refractivity contribution in [3.63, 3.8) is 0 Å². The zero-order chi connectivity index (χ0) is 74.6. The summed E-state index contributed by atoms with van der Waals surface area (Å²) in [5, 5.41) is 10.6. The molecular weight excluding hydrogens is 1330 g/mol. The van der Waals surface area contributed by atoms with Gasteiger partial charge in [0.15, 0.2) is 12.2 Å². The van der Waals surface area contributed by atoms with E-state index in [1.54, 1.807) is 0 Å². The van der Waals surface area contributed by atoms with E-state index < -0.39 is 97.5 Å². The molecule has 0 aliphatic carbocycles. The Labute approximate surface area is 620 Å². The van der Waals surface area contributed by atoms with Crippen molar-refractivity contribution in [2.24, 2.45) is 0 Å². The Morgan fingerprint density at radius 1 is 0.284 bits per heavy atom. The standard InChI is InChI=1S/C83H146O17P2/c1-5-9-13-17-21-25-29-32-35-37-38-40-43-45-49-52-56-60-64-68-81(86)94-74-79(100-83(88)70-66-62-58-54-50-46-41-34-31-27-23-19-15-11-7-3)76-98-102(91,92)96-72-77(84)71-95-101(89,90)97-75-78(99-82(87)69-65-61-57-53-47-28-24-20-16-12-8-4)73-93-80(85)67-63-59-55-51-48-44-42-39-36-33-30-26-22-18-14-10-6-2/h9-10,13-14,21-22,25-26,32-36,38,40-41,77-79,84H,5-8,11-12,15-20,23-24,27-31,37,39,42-76H2,1-4H3,(H,89,90)(H,91,92)/b13-9-,14-10-,25-21-,26-22-,35-32-,36-33-,40-38-,41-34-. The van der Waals surface area contributed by atoms with Crippen molar-refractivity contribution in [3.8, 4) is 0 Å². The largest absolute Gasteiger partial charge is 0.472 e. The molecule has 0 aliphatic heterocycles. The lowest BCUT2D eigenvalue weighted by atomic mass is 10.1. The number of esters is 4. The zero-order valence-corrected chi connectivity index (χ0v) is 66.3. The van der Waals surface area contributed by atoms with Crippen LogP contribution in [-0.4, -0.2) is 96.7 Å². The molecule has 0 spiro atoms. The molecule has 0 aromatic carbocycles. The van der Waals surface area contributed by atoms with Gasteiger partial charge in [-0.3, -0.25) is 37.3 Å². The molecule has 590 valence electrons. The summed E-state index contributed by atoms with van der Waals surface area (Å²) >= 11 is 0. The molecule has 0 fully saturated rings. The zero-order valence-electron chi connectivity index (χ0n) is 64.5. The molecule has 0 bridgehead atoms. The summed E-state index contributed by atoms with van der Waals surface area (Å²) < 4.78 is 68.6. The predicted octanol–water partition coefficient (Wildman–Crippen LogP) is 23.6. The molecule has 19 heteroatoms. The van der Waals surface area contributed by atoms with Gasteiger partial charge in [0, 0.05) is 25.7 Å². The van der Waals surface area contributed by atoms with Gasteiger partial charge in [-0.15, -0.1) is 0 Å². The number of allylic oxidation sites excluding steroid dienone is 16. The molecule has 5 unspecified atom stereocenters. The topological polar surface area (TPSA) is 237 Å². The Hall–Kier alpha value is -4.02. The molecule has 0 aromatic rings. The van der Waals surface area contributed by atoms with Crippen molar-refractivity contribution in [2.45, 2.75) is 367 Å². The second-order valence-electron chi connectivity index (χ2n) is 27.0. The fourth-order valence-corrected chi connectivity index (χ4v) is 12.5. The van der Waals surface area contributed by atoms with Gasteiger partial charge >= 0.3 is 39.5 Å². The van der Waals surface area contributed by atoms with Crippen LogP contribution in [0.15, 0.2) is 97.2 Å². The molecule has 3 N–H and O–H groups in total. The first-order valence-corrected chi connectivity index (χ1v) is 43.5. The first-order valence-electron chi connectivity index (χ1n) is 40.5. The van der Waals surface area contributed by atoms with Gasteiger partial charge in [-0.25, -0.2) is 9.13 Å². The third-order valence-electron chi connectivity index (χ3n) is 17.0. The van der Waals surface area contributed by atoms with Crippen LogP contribution in [0.2, 0.25) is 0 Å². The van der Waals surface area contributed by atoms with E-state index in [9.17, 15) is 43.2 Å². The van der Waals surface area contributed by atoms with Crippen LogP contribution in [0.25, 0.3) is 0 Å². The maximum Gasteiger partial charge on any atom is 0.472 e. The molecule has 0 aliphatic rings. The lowest BCUT2D eigenvalue weighted by molar-refractivity contribution is -0.161. The van der Waals surface area contributed by atoms with Crippen LogP contribution >= 0.6 is 15.6 Å². The molecule has 0 saturated carbocycles. The van der Waals surface area contributed by atoms with Crippen LogP contribution < -0.4 is 0 Å². The first kappa shape index (κ1) is 98.0. The quantitative estimate of drug-likeness (QED) is 0.0169. The van der Waals surface area contributed by atoms with Gasteiger partial charge in [-0.05, 0) is 122 Å². The summed E-state index contributed by atoms with van der Waals surface area (Å²) in [6.45, 7) is 4.65. The predicted molar refractivity (Wildman–Crippen MR) is 418 cm³/mol. The number of rotatable bonds is 76. The van der Waals surface area contributed by atoms with Crippen LogP contribution in [0.4, 0.5) is 0 Å². The Kier molecular flexibility index (Phi) is 72.3. The first-order chi connectivity index (χ1) is 49.7. The number of hydrogen-bond donors (Lipinski definition) is 3.